The van der Waals surface area contributed by atoms with Gasteiger partial charge in [0.2, 0.25) is 0 Å². The summed E-state index contributed by atoms with van der Waals surface area (Å²) in [6, 6.07) is 5.21. The van der Waals surface area contributed by atoms with E-state index in [-0.39, 0.29) is 0 Å². The number of fused-ring (bicyclic) bond motifs is 1. The zero-order chi connectivity index (χ0) is 12.5. The Hall–Kier alpha value is -1.29. The molecule has 0 amide bonds. The lowest BCUT2D eigenvalue weighted by Gasteiger charge is -2.35. The molecule has 98 valence electrons. The fourth-order valence-corrected chi connectivity index (χ4v) is 3.23. The molecule has 0 radical (unpaired) electrons. The highest BCUT2D eigenvalue weighted by atomic mass is 15.2. The summed E-state index contributed by atoms with van der Waals surface area (Å²) in [6.07, 6.45) is 5.15. The van der Waals surface area contributed by atoms with Crippen LogP contribution in [0.15, 0.2) is 12.1 Å². The molecule has 2 unspecified atom stereocenters. The largest absolute Gasteiger partial charge is 0.396 e. The lowest BCUT2D eigenvalue weighted by atomic mass is 9.97. The Labute approximate surface area is 109 Å². The van der Waals surface area contributed by atoms with Crippen LogP contribution in [0, 0.1) is 6.92 Å². The second-order valence-electron chi connectivity index (χ2n) is 5.59. The molecule has 1 aromatic rings. The topological polar surface area (TPSA) is 54.2 Å². The molecular weight excluding hydrogens is 224 g/mol. The van der Waals surface area contributed by atoms with E-state index in [1.807, 2.05) is 19.1 Å². The molecule has 2 aliphatic heterocycles. The van der Waals surface area contributed by atoms with Gasteiger partial charge in [0.05, 0.1) is 5.69 Å². The summed E-state index contributed by atoms with van der Waals surface area (Å²) in [6.45, 7) is 4.51. The minimum Gasteiger partial charge on any atom is -0.396 e. The first-order valence-corrected chi connectivity index (χ1v) is 6.96. The van der Waals surface area contributed by atoms with Crippen LogP contribution in [0.4, 0.5) is 11.5 Å². The summed E-state index contributed by atoms with van der Waals surface area (Å²) >= 11 is 0. The molecule has 2 atom stereocenters. The van der Waals surface area contributed by atoms with Crippen molar-refractivity contribution < 1.29 is 0 Å². The number of nitrogen functional groups attached to an aromatic ring is 1. The van der Waals surface area contributed by atoms with Crippen molar-refractivity contribution >= 4 is 11.5 Å². The van der Waals surface area contributed by atoms with Gasteiger partial charge in [-0.25, -0.2) is 4.98 Å². The van der Waals surface area contributed by atoms with Crippen molar-refractivity contribution in [1.82, 2.24) is 9.88 Å². The maximum atomic E-state index is 5.98. The van der Waals surface area contributed by atoms with E-state index in [4.69, 9.17) is 5.73 Å². The Morgan fingerprint density at radius 1 is 1.33 bits per heavy atom. The van der Waals surface area contributed by atoms with Crippen LogP contribution in [-0.2, 0) is 0 Å². The fraction of sp³-hybridized carbons (Fsp3) is 0.643. The van der Waals surface area contributed by atoms with Gasteiger partial charge in [-0.2, -0.15) is 0 Å². The summed E-state index contributed by atoms with van der Waals surface area (Å²) < 4.78 is 0. The van der Waals surface area contributed by atoms with Crippen LogP contribution in [0.2, 0.25) is 0 Å². The van der Waals surface area contributed by atoms with Crippen molar-refractivity contribution in [2.24, 2.45) is 0 Å². The van der Waals surface area contributed by atoms with Crippen LogP contribution in [-0.4, -0.2) is 35.1 Å². The summed E-state index contributed by atoms with van der Waals surface area (Å²) in [4.78, 5) is 7.13. The molecule has 2 fully saturated rings. The van der Waals surface area contributed by atoms with E-state index in [0.717, 1.165) is 23.2 Å². The number of piperidine rings is 1. The van der Waals surface area contributed by atoms with E-state index in [9.17, 15) is 0 Å². The number of nitrogens with zero attached hydrogens (tertiary/aromatic N) is 2. The molecule has 0 bridgehead atoms. The Morgan fingerprint density at radius 3 is 3.11 bits per heavy atom. The zero-order valence-corrected chi connectivity index (χ0v) is 11.0. The average Bonchev–Trinajstić information content (AvgIpc) is 2.81. The van der Waals surface area contributed by atoms with Crippen LogP contribution in [0.1, 0.15) is 31.4 Å². The predicted molar refractivity (Wildman–Crippen MR) is 74.6 cm³/mol. The van der Waals surface area contributed by atoms with E-state index in [1.165, 1.54) is 38.8 Å². The second kappa shape index (κ2) is 4.76. The number of hydrogen-bond donors (Lipinski definition) is 2. The van der Waals surface area contributed by atoms with E-state index in [0.29, 0.717) is 6.04 Å². The maximum absolute atomic E-state index is 5.98. The number of nitrogens with one attached hydrogen (secondary N) is 1. The highest BCUT2D eigenvalue weighted by Gasteiger charge is 2.31. The predicted octanol–water partition coefficient (Wildman–Crippen LogP) is 2.01. The monoisotopic (exact) mass is 246 g/mol. The van der Waals surface area contributed by atoms with Crippen molar-refractivity contribution in [3.05, 3.63) is 17.8 Å². The Morgan fingerprint density at radius 2 is 2.22 bits per heavy atom. The molecule has 4 heteroatoms. The molecule has 3 rings (SSSR count). The lowest BCUT2D eigenvalue weighted by molar-refractivity contribution is 0.188. The molecule has 3 heterocycles. The van der Waals surface area contributed by atoms with Crippen molar-refractivity contribution in [1.29, 1.82) is 0 Å². The first-order chi connectivity index (χ1) is 8.72. The molecular formula is C14H22N4. The summed E-state index contributed by atoms with van der Waals surface area (Å²) in [7, 11) is 0. The van der Waals surface area contributed by atoms with Gasteiger partial charge in [0.25, 0.3) is 0 Å². The normalized spacial score (nSPS) is 28.1. The Balaban J connectivity index is 1.67. The molecule has 2 saturated heterocycles. The number of hydrogen-bond acceptors (Lipinski definition) is 4. The van der Waals surface area contributed by atoms with Crippen molar-refractivity contribution in [3.8, 4) is 0 Å². The Bertz CT molecular complexity index is 432. The highest BCUT2D eigenvalue weighted by molar-refractivity contribution is 5.61. The van der Waals surface area contributed by atoms with Gasteiger partial charge in [-0.1, -0.05) is 0 Å². The molecule has 4 nitrogen and oxygen atoms in total. The van der Waals surface area contributed by atoms with E-state index < -0.39 is 0 Å². The van der Waals surface area contributed by atoms with Crippen molar-refractivity contribution in [3.63, 3.8) is 0 Å². The smallest absolute Gasteiger partial charge is 0.149 e. The van der Waals surface area contributed by atoms with E-state index in [2.05, 4.69) is 15.2 Å². The summed E-state index contributed by atoms with van der Waals surface area (Å²) in [5, 5.41) is 3.54. The number of aromatic nitrogens is 1. The van der Waals surface area contributed by atoms with E-state index in [1.54, 1.807) is 0 Å². The second-order valence-corrected chi connectivity index (χ2v) is 5.59. The molecule has 18 heavy (non-hydrogen) atoms. The fourth-order valence-electron chi connectivity index (χ4n) is 3.23. The summed E-state index contributed by atoms with van der Waals surface area (Å²) in [5.41, 5.74) is 7.76. The first kappa shape index (κ1) is 11.8. The standard InChI is InChI=1S/C14H22N4/c1-10-4-5-13(15)14(16-10)17-11-6-8-18-7-2-3-12(18)9-11/h4-5,11-12H,2-3,6-9,15H2,1H3,(H,16,17). The third-order valence-corrected chi connectivity index (χ3v) is 4.23. The number of nitrogens with two attached hydrogens (primary N) is 1. The van der Waals surface area contributed by atoms with Gasteiger partial charge in [-0.15, -0.1) is 0 Å². The van der Waals surface area contributed by atoms with Gasteiger partial charge in [0, 0.05) is 24.3 Å². The van der Waals surface area contributed by atoms with Gasteiger partial charge in [-0.3, -0.25) is 0 Å². The third-order valence-electron chi connectivity index (χ3n) is 4.23. The zero-order valence-electron chi connectivity index (χ0n) is 11.0. The van der Waals surface area contributed by atoms with Crippen LogP contribution < -0.4 is 11.1 Å². The Kier molecular flexibility index (Phi) is 3.12. The first-order valence-electron chi connectivity index (χ1n) is 6.96. The van der Waals surface area contributed by atoms with Crippen LogP contribution in [0.3, 0.4) is 0 Å². The molecule has 1 aromatic heterocycles. The third kappa shape index (κ3) is 2.29. The number of anilines is 2. The molecule has 0 aromatic carbocycles. The lowest BCUT2D eigenvalue weighted by Crippen LogP contribution is -2.42. The van der Waals surface area contributed by atoms with E-state index >= 15 is 0 Å². The molecule has 0 aliphatic carbocycles. The summed E-state index contributed by atoms with van der Waals surface area (Å²) in [5.74, 6) is 0.867. The minimum absolute atomic E-state index is 0.529. The highest BCUT2D eigenvalue weighted by Crippen LogP contribution is 2.29. The van der Waals surface area contributed by atoms with Crippen molar-refractivity contribution in [2.75, 3.05) is 24.1 Å². The molecule has 0 spiro atoms. The average molecular weight is 246 g/mol. The SMILES string of the molecule is Cc1ccc(N)c(NC2CCN3CCCC3C2)n1. The number of pyridine rings is 1. The van der Waals surface area contributed by atoms with Crippen LogP contribution >= 0.6 is 0 Å². The minimum atomic E-state index is 0.529. The van der Waals surface area contributed by atoms with Crippen molar-refractivity contribution in [2.45, 2.75) is 44.7 Å². The number of rotatable bonds is 2. The number of aryl methyl sites for hydroxylation is 1. The van der Waals surface area contributed by atoms with Gasteiger partial charge >= 0.3 is 0 Å². The van der Waals surface area contributed by atoms with Gasteiger partial charge in [0.15, 0.2) is 0 Å². The maximum Gasteiger partial charge on any atom is 0.149 e. The molecule has 2 aliphatic rings. The molecule has 0 saturated carbocycles. The van der Waals surface area contributed by atoms with Crippen LogP contribution in [0.5, 0.6) is 0 Å². The van der Waals surface area contributed by atoms with Gasteiger partial charge < -0.3 is 16.0 Å². The molecule has 3 N–H and O–H groups in total. The van der Waals surface area contributed by atoms with Crippen LogP contribution in [0.25, 0.3) is 0 Å². The van der Waals surface area contributed by atoms with Gasteiger partial charge in [0.1, 0.15) is 5.82 Å². The van der Waals surface area contributed by atoms with Gasteiger partial charge in [-0.05, 0) is 51.3 Å². The quantitative estimate of drug-likeness (QED) is 0.838.